The first-order valence-corrected chi connectivity index (χ1v) is 6.61. The first kappa shape index (κ1) is 14.3. The van der Waals surface area contributed by atoms with Crippen molar-refractivity contribution < 1.29 is 24.2 Å². The van der Waals surface area contributed by atoms with Crippen LogP contribution in [-0.4, -0.2) is 50.0 Å². The second kappa shape index (κ2) is 5.88. The fourth-order valence-electron chi connectivity index (χ4n) is 3.76. The third-order valence-corrected chi connectivity index (χ3v) is 4.65. The summed E-state index contributed by atoms with van der Waals surface area (Å²) in [6, 6.07) is -0.248. The number of rotatable bonds is 4. The molecule has 6 atom stereocenters. The number of methoxy groups -OCH3 is 2. The van der Waals surface area contributed by atoms with Crippen LogP contribution in [0.4, 0.5) is 4.79 Å². The summed E-state index contributed by atoms with van der Waals surface area (Å²) >= 11 is 0. The van der Waals surface area contributed by atoms with Crippen molar-refractivity contribution >= 4 is 12.4 Å². The summed E-state index contributed by atoms with van der Waals surface area (Å²) in [7, 11) is 3.22. The monoisotopic (exact) mass is 271 g/mol. The van der Waals surface area contributed by atoms with Crippen molar-refractivity contribution in [1.29, 1.82) is 0 Å². The molecule has 0 aromatic rings. The highest BCUT2D eigenvalue weighted by Crippen LogP contribution is 2.46. The molecular formula is C13H21NO5. The van der Waals surface area contributed by atoms with Gasteiger partial charge in [0.1, 0.15) is 6.29 Å². The summed E-state index contributed by atoms with van der Waals surface area (Å²) in [6.45, 7) is 0. The minimum atomic E-state index is -1.05. The number of amides is 1. The lowest BCUT2D eigenvalue weighted by atomic mass is 9.74. The average molecular weight is 271 g/mol. The highest BCUT2D eigenvalue weighted by molar-refractivity contribution is 5.65. The SMILES string of the molecule is CO[C@H]1C[C@@H]2C[C@H](OC)[C@@H](NC(=O)O)C[C@H]2[C@H]1C=O. The van der Waals surface area contributed by atoms with Crippen molar-refractivity contribution in [1.82, 2.24) is 5.32 Å². The maximum Gasteiger partial charge on any atom is 0.404 e. The van der Waals surface area contributed by atoms with Crippen LogP contribution in [0.25, 0.3) is 0 Å². The molecule has 6 nitrogen and oxygen atoms in total. The Hall–Kier alpha value is -1.14. The molecule has 0 saturated heterocycles. The Morgan fingerprint density at radius 2 is 1.84 bits per heavy atom. The molecule has 2 rings (SSSR count). The van der Waals surface area contributed by atoms with Gasteiger partial charge in [-0.1, -0.05) is 0 Å². The summed E-state index contributed by atoms with van der Waals surface area (Å²) in [5.74, 6) is 0.425. The standard InChI is InChI=1S/C13H21NO5/c1-18-11-3-7-4-12(19-2)10(14-13(16)17)5-8(7)9(11)6-15/h6-12,14H,3-5H2,1-2H3,(H,16,17)/t7-,8-,9-,10+,11+,12+/m1/s1. The predicted molar refractivity (Wildman–Crippen MR) is 66.9 cm³/mol. The molecule has 0 heterocycles. The van der Waals surface area contributed by atoms with Crippen LogP contribution >= 0.6 is 0 Å². The highest BCUT2D eigenvalue weighted by Gasteiger charge is 2.49. The Labute approximate surface area is 112 Å². The minimum absolute atomic E-state index is 0.0476. The van der Waals surface area contributed by atoms with Crippen LogP contribution in [0.3, 0.4) is 0 Å². The number of ether oxygens (including phenoxy) is 2. The maximum atomic E-state index is 11.3. The lowest BCUT2D eigenvalue weighted by Gasteiger charge is -2.38. The largest absolute Gasteiger partial charge is 0.465 e. The average Bonchev–Trinajstić information content (AvgIpc) is 2.73. The Bertz CT molecular complexity index is 348. The number of hydrogen-bond acceptors (Lipinski definition) is 4. The normalized spacial score (nSPS) is 41.6. The zero-order chi connectivity index (χ0) is 14.0. The first-order chi connectivity index (χ1) is 9.10. The number of aldehydes is 1. The van der Waals surface area contributed by atoms with E-state index in [0.29, 0.717) is 12.3 Å². The number of carboxylic acid groups (broad SMARTS) is 1. The molecule has 6 heteroatoms. The number of carbonyl (C=O) groups is 2. The van der Waals surface area contributed by atoms with Crippen LogP contribution in [-0.2, 0) is 14.3 Å². The van der Waals surface area contributed by atoms with Crippen LogP contribution in [0.15, 0.2) is 0 Å². The lowest BCUT2D eigenvalue weighted by Crippen LogP contribution is -2.50. The molecule has 0 spiro atoms. The quantitative estimate of drug-likeness (QED) is 0.742. The van der Waals surface area contributed by atoms with E-state index in [1.165, 1.54) is 0 Å². The molecule has 0 bridgehead atoms. The van der Waals surface area contributed by atoms with Gasteiger partial charge in [0.25, 0.3) is 0 Å². The van der Waals surface area contributed by atoms with E-state index in [4.69, 9.17) is 14.6 Å². The smallest absolute Gasteiger partial charge is 0.404 e. The lowest BCUT2D eigenvalue weighted by molar-refractivity contribution is -0.116. The molecule has 2 fully saturated rings. The van der Waals surface area contributed by atoms with Gasteiger partial charge >= 0.3 is 6.09 Å². The van der Waals surface area contributed by atoms with Crippen molar-refractivity contribution in [2.45, 2.75) is 37.5 Å². The molecular weight excluding hydrogens is 250 g/mol. The Balaban J connectivity index is 2.12. The minimum Gasteiger partial charge on any atom is -0.465 e. The van der Waals surface area contributed by atoms with Crippen LogP contribution in [0.5, 0.6) is 0 Å². The van der Waals surface area contributed by atoms with Crippen molar-refractivity contribution in [3.8, 4) is 0 Å². The highest BCUT2D eigenvalue weighted by atomic mass is 16.5. The molecule has 2 aliphatic carbocycles. The fraction of sp³-hybridized carbons (Fsp3) is 0.846. The van der Waals surface area contributed by atoms with E-state index < -0.39 is 6.09 Å². The number of hydrogen-bond donors (Lipinski definition) is 2. The van der Waals surface area contributed by atoms with E-state index in [1.54, 1.807) is 14.2 Å². The first-order valence-electron chi connectivity index (χ1n) is 6.61. The van der Waals surface area contributed by atoms with Gasteiger partial charge in [-0.3, -0.25) is 0 Å². The predicted octanol–water partition coefficient (Wildman–Crippen LogP) is 0.898. The third kappa shape index (κ3) is 2.74. The van der Waals surface area contributed by atoms with E-state index >= 15 is 0 Å². The van der Waals surface area contributed by atoms with E-state index in [1.807, 2.05) is 0 Å². The number of fused-ring (bicyclic) bond motifs is 1. The zero-order valence-corrected chi connectivity index (χ0v) is 11.2. The third-order valence-electron chi connectivity index (χ3n) is 4.65. The van der Waals surface area contributed by atoms with Gasteiger partial charge in [0.05, 0.1) is 18.2 Å². The second-order valence-electron chi connectivity index (χ2n) is 5.45. The molecule has 1 amide bonds. The van der Waals surface area contributed by atoms with Crippen molar-refractivity contribution in [2.75, 3.05) is 14.2 Å². The van der Waals surface area contributed by atoms with Crippen LogP contribution in [0.1, 0.15) is 19.3 Å². The summed E-state index contributed by atoms with van der Waals surface area (Å²) in [6.07, 6.45) is 2.01. The van der Waals surface area contributed by atoms with E-state index in [-0.39, 0.29) is 30.1 Å². The van der Waals surface area contributed by atoms with E-state index in [0.717, 1.165) is 19.1 Å². The Kier molecular flexibility index (Phi) is 4.42. The summed E-state index contributed by atoms with van der Waals surface area (Å²) < 4.78 is 10.8. The Morgan fingerprint density at radius 3 is 2.37 bits per heavy atom. The summed E-state index contributed by atoms with van der Waals surface area (Å²) in [4.78, 5) is 22.1. The summed E-state index contributed by atoms with van der Waals surface area (Å²) in [5, 5.41) is 11.4. The molecule has 0 aromatic heterocycles. The molecule has 0 aromatic carbocycles. The fourth-order valence-corrected chi connectivity index (χ4v) is 3.76. The number of carbonyl (C=O) groups excluding carboxylic acids is 1. The summed E-state index contributed by atoms with van der Waals surface area (Å²) in [5.41, 5.74) is 0. The van der Waals surface area contributed by atoms with E-state index in [9.17, 15) is 9.59 Å². The Morgan fingerprint density at radius 1 is 1.21 bits per heavy atom. The van der Waals surface area contributed by atoms with Crippen LogP contribution in [0, 0.1) is 17.8 Å². The van der Waals surface area contributed by atoms with Gasteiger partial charge in [-0.15, -0.1) is 0 Å². The van der Waals surface area contributed by atoms with Crippen LogP contribution in [0.2, 0.25) is 0 Å². The van der Waals surface area contributed by atoms with Gasteiger partial charge in [-0.2, -0.15) is 0 Å². The van der Waals surface area contributed by atoms with Crippen molar-refractivity contribution in [3.05, 3.63) is 0 Å². The number of nitrogens with one attached hydrogen (secondary N) is 1. The van der Waals surface area contributed by atoms with Gasteiger partial charge in [0.2, 0.25) is 0 Å². The molecule has 2 N–H and O–H groups in total. The van der Waals surface area contributed by atoms with E-state index in [2.05, 4.69) is 5.32 Å². The molecule has 2 saturated carbocycles. The van der Waals surface area contributed by atoms with Crippen molar-refractivity contribution in [2.24, 2.45) is 17.8 Å². The topological polar surface area (TPSA) is 84.9 Å². The van der Waals surface area contributed by atoms with Gasteiger partial charge in [-0.05, 0) is 31.1 Å². The van der Waals surface area contributed by atoms with Gasteiger partial charge < -0.3 is 24.7 Å². The molecule has 2 aliphatic rings. The van der Waals surface area contributed by atoms with Gasteiger partial charge in [0.15, 0.2) is 0 Å². The molecule has 108 valence electrons. The molecule has 0 unspecified atom stereocenters. The molecule has 19 heavy (non-hydrogen) atoms. The second-order valence-corrected chi connectivity index (χ2v) is 5.45. The van der Waals surface area contributed by atoms with Crippen molar-refractivity contribution in [3.63, 3.8) is 0 Å². The van der Waals surface area contributed by atoms with Gasteiger partial charge in [-0.25, -0.2) is 4.79 Å². The zero-order valence-electron chi connectivity index (χ0n) is 11.2. The van der Waals surface area contributed by atoms with Gasteiger partial charge in [0, 0.05) is 20.1 Å². The van der Waals surface area contributed by atoms with Crippen LogP contribution < -0.4 is 5.32 Å². The maximum absolute atomic E-state index is 11.3. The molecule has 0 aliphatic heterocycles. The molecule has 0 radical (unpaired) electrons.